The van der Waals surface area contributed by atoms with Gasteiger partial charge in [0.1, 0.15) is 17.5 Å². The van der Waals surface area contributed by atoms with Crippen molar-refractivity contribution in [1.29, 1.82) is 0 Å². The second-order valence-electron chi connectivity index (χ2n) is 7.45. The topological polar surface area (TPSA) is 76.6 Å². The molecule has 1 aliphatic heterocycles. The Bertz CT molecular complexity index is 1130. The number of Topliss-reactive ketones (excluding diaryl/α,β-unsaturated/α-hetero) is 2. The van der Waals surface area contributed by atoms with Crippen LogP contribution in [0.5, 0.6) is 5.75 Å². The Balaban J connectivity index is 1.75. The minimum absolute atomic E-state index is 0.128. The number of pyridine rings is 1. The van der Waals surface area contributed by atoms with Crippen LogP contribution < -0.4 is 4.74 Å². The molecule has 0 radical (unpaired) electrons. The first kappa shape index (κ1) is 21.4. The summed E-state index contributed by atoms with van der Waals surface area (Å²) in [5, 5.41) is 0. The second kappa shape index (κ2) is 9.09. The van der Waals surface area contributed by atoms with E-state index in [4.69, 9.17) is 4.74 Å². The molecule has 1 amide bonds. The van der Waals surface area contributed by atoms with Crippen LogP contribution in [-0.4, -0.2) is 34.0 Å². The van der Waals surface area contributed by atoms with E-state index in [2.05, 4.69) is 4.98 Å². The highest BCUT2D eigenvalue weighted by atomic mass is 19.1. The average Bonchev–Trinajstić information content (AvgIpc) is 3.05. The third-order valence-corrected chi connectivity index (χ3v) is 5.43. The summed E-state index contributed by atoms with van der Waals surface area (Å²) in [4.78, 5) is 44.8. The van der Waals surface area contributed by atoms with Gasteiger partial charge in [-0.25, -0.2) is 4.39 Å². The number of carbonyl (C=O) groups is 3. The predicted molar refractivity (Wildman–Crippen MR) is 114 cm³/mol. The highest BCUT2D eigenvalue weighted by Crippen LogP contribution is 2.39. The Kier molecular flexibility index (Phi) is 6.07. The van der Waals surface area contributed by atoms with Crippen LogP contribution in [0, 0.1) is 11.7 Å². The van der Waals surface area contributed by atoms with Crippen molar-refractivity contribution in [2.24, 2.45) is 5.92 Å². The number of carbonyl (C=O) groups excluding carboxylic acids is 3. The average molecular weight is 432 g/mol. The van der Waals surface area contributed by atoms with Gasteiger partial charge in [-0.15, -0.1) is 0 Å². The van der Waals surface area contributed by atoms with Gasteiger partial charge in [-0.2, -0.15) is 0 Å². The largest absolute Gasteiger partial charge is 0.494 e. The van der Waals surface area contributed by atoms with E-state index in [1.165, 1.54) is 17.0 Å². The molecule has 1 saturated heterocycles. The molecule has 0 bridgehead atoms. The summed E-state index contributed by atoms with van der Waals surface area (Å²) in [6.45, 7) is 2.50. The SMILES string of the molecule is CCOc1ccc(C2C(C(=O)c3ccc(F)cc3)C(=O)C(=O)N2Cc2cccnc2)cc1. The molecule has 2 unspecified atom stereocenters. The fourth-order valence-corrected chi connectivity index (χ4v) is 3.94. The standard InChI is InChI=1S/C25H21FN2O4/c1-2-32-20-11-7-17(8-12-20)22-21(23(29)18-5-9-19(26)10-6-18)24(30)25(31)28(22)15-16-4-3-13-27-14-16/h3-14,21-22H,2,15H2,1H3. The van der Waals surface area contributed by atoms with E-state index >= 15 is 0 Å². The van der Waals surface area contributed by atoms with E-state index in [9.17, 15) is 18.8 Å². The number of halogens is 1. The predicted octanol–water partition coefficient (Wildman–Crippen LogP) is 3.77. The maximum absolute atomic E-state index is 13.4. The third-order valence-electron chi connectivity index (χ3n) is 5.43. The van der Waals surface area contributed by atoms with Crippen LogP contribution >= 0.6 is 0 Å². The van der Waals surface area contributed by atoms with Gasteiger partial charge in [0.25, 0.3) is 5.91 Å². The third kappa shape index (κ3) is 4.14. The van der Waals surface area contributed by atoms with Gasteiger partial charge in [0.05, 0.1) is 12.6 Å². The molecule has 0 N–H and O–H groups in total. The molecule has 1 fully saturated rings. The first-order valence-corrected chi connectivity index (χ1v) is 10.3. The van der Waals surface area contributed by atoms with Crippen molar-refractivity contribution >= 4 is 17.5 Å². The number of ketones is 2. The first-order valence-electron chi connectivity index (χ1n) is 10.3. The van der Waals surface area contributed by atoms with Gasteiger partial charge in [-0.3, -0.25) is 19.4 Å². The second-order valence-corrected chi connectivity index (χ2v) is 7.45. The summed E-state index contributed by atoms with van der Waals surface area (Å²) >= 11 is 0. The molecule has 2 heterocycles. The monoisotopic (exact) mass is 432 g/mol. The van der Waals surface area contributed by atoms with E-state index in [1.54, 1.807) is 48.8 Å². The van der Waals surface area contributed by atoms with Crippen molar-refractivity contribution in [2.45, 2.75) is 19.5 Å². The Hall–Kier alpha value is -3.87. The number of aromatic nitrogens is 1. The van der Waals surface area contributed by atoms with Crippen LogP contribution in [0.3, 0.4) is 0 Å². The lowest BCUT2D eigenvalue weighted by molar-refractivity contribution is -0.141. The molecule has 7 heteroatoms. The number of amides is 1. The first-order chi connectivity index (χ1) is 15.5. The van der Waals surface area contributed by atoms with E-state index < -0.39 is 35.3 Å². The number of rotatable bonds is 7. The zero-order valence-electron chi connectivity index (χ0n) is 17.4. The van der Waals surface area contributed by atoms with Gasteiger partial charge >= 0.3 is 0 Å². The normalized spacial score (nSPS) is 18.1. The van der Waals surface area contributed by atoms with Gasteiger partial charge in [-0.05, 0) is 60.5 Å². The number of benzene rings is 2. The zero-order chi connectivity index (χ0) is 22.7. The maximum Gasteiger partial charge on any atom is 0.291 e. The quantitative estimate of drug-likeness (QED) is 0.323. The Labute approximate surface area is 184 Å². The van der Waals surface area contributed by atoms with Crippen molar-refractivity contribution in [2.75, 3.05) is 6.61 Å². The molecule has 0 saturated carbocycles. The molecule has 6 nitrogen and oxygen atoms in total. The van der Waals surface area contributed by atoms with Crippen molar-refractivity contribution in [1.82, 2.24) is 9.88 Å². The number of ether oxygens (including phenoxy) is 1. The summed E-state index contributed by atoms with van der Waals surface area (Å²) < 4.78 is 18.8. The Morgan fingerprint density at radius 3 is 2.41 bits per heavy atom. The lowest BCUT2D eigenvalue weighted by Crippen LogP contribution is -2.30. The Morgan fingerprint density at radius 2 is 1.78 bits per heavy atom. The van der Waals surface area contributed by atoms with Crippen LogP contribution in [-0.2, 0) is 16.1 Å². The molecule has 1 aliphatic rings. The van der Waals surface area contributed by atoms with E-state index in [0.29, 0.717) is 17.9 Å². The minimum Gasteiger partial charge on any atom is -0.494 e. The molecule has 162 valence electrons. The highest BCUT2D eigenvalue weighted by Gasteiger charge is 2.51. The number of hydrogen-bond donors (Lipinski definition) is 0. The molecule has 1 aromatic heterocycles. The lowest BCUT2D eigenvalue weighted by atomic mass is 9.86. The maximum atomic E-state index is 13.4. The summed E-state index contributed by atoms with van der Waals surface area (Å²) in [5.74, 6) is -3.10. The molecule has 32 heavy (non-hydrogen) atoms. The van der Waals surface area contributed by atoms with E-state index in [-0.39, 0.29) is 12.1 Å². The van der Waals surface area contributed by atoms with E-state index in [0.717, 1.165) is 17.7 Å². The molecule has 0 spiro atoms. The van der Waals surface area contributed by atoms with Crippen LogP contribution in [0.25, 0.3) is 0 Å². The molecule has 4 rings (SSSR count). The zero-order valence-corrected chi connectivity index (χ0v) is 17.4. The van der Waals surface area contributed by atoms with Crippen molar-refractivity contribution < 1.29 is 23.5 Å². The fourth-order valence-electron chi connectivity index (χ4n) is 3.94. The Morgan fingerprint density at radius 1 is 1.06 bits per heavy atom. The summed E-state index contributed by atoms with van der Waals surface area (Å²) in [6.07, 6.45) is 3.23. The molecule has 2 aromatic carbocycles. The number of nitrogens with zero attached hydrogens (tertiary/aromatic N) is 2. The molecule has 2 atom stereocenters. The van der Waals surface area contributed by atoms with Crippen molar-refractivity contribution in [3.63, 3.8) is 0 Å². The highest BCUT2D eigenvalue weighted by molar-refractivity contribution is 6.44. The fraction of sp³-hybridized carbons (Fsp3) is 0.200. The van der Waals surface area contributed by atoms with Crippen LogP contribution in [0.15, 0.2) is 73.1 Å². The summed E-state index contributed by atoms with van der Waals surface area (Å²) in [5.41, 5.74) is 1.55. The number of likely N-dealkylation sites (tertiary alicyclic amines) is 1. The molecular formula is C25H21FN2O4. The lowest BCUT2D eigenvalue weighted by Gasteiger charge is -2.27. The van der Waals surface area contributed by atoms with Crippen LogP contribution in [0.1, 0.15) is 34.5 Å². The summed E-state index contributed by atoms with van der Waals surface area (Å²) in [7, 11) is 0. The molecule has 3 aromatic rings. The van der Waals surface area contributed by atoms with Crippen LogP contribution in [0.2, 0.25) is 0 Å². The molecular weight excluding hydrogens is 411 g/mol. The van der Waals surface area contributed by atoms with Crippen molar-refractivity contribution in [3.8, 4) is 5.75 Å². The minimum atomic E-state index is -1.23. The summed E-state index contributed by atoms with van der Waals surface area (Å²) in [6, 6.07) is 14.7. The van der Waals surface area contributed by atoms with Gasteiger partial charge in [-0.1, -0.05) is 18.2 Å². The molecule has 0 aliphatic carbocycles. The number of hydrogen-bond acceptors (Lipinski definition) is 5. The van der Waals surface area contributed by atoms with Crippen molar-refractivity contribution in [3.05, 3.63) is 95.6 Å². The van der Waals surface area contributed by atoms with Gasteiger partial charge < -0.3 is 9.64 Å². The van der Waals surface area contributed by atoms with Gasteiger partial charge in [0.2, 0.25) is 5.78 Å². The van der Waals surface area contributed by atoms with Crippen LogP contribution in [0.4, 0.5) is 4.39 Å². The van der Waals surface area contributed by atoms with Gasteiger partial charge in [0, 0.05) is 24.5 Å². The van der Waals surface area contributed by atoms with Gasteiger partial charge in [0.15, 0.2) is 5.78 Å². The smallest absolute Gasteiger partial charge is 0.291 e. The van der Waals surface area contributed by atoms with E-state index in [1.807, 2.05) is 6.92 Å².